The minimum Gasteiger partial charge on any atom is -0.479 e. The van der Waals surface area contributed by atoms with Gasteiger partial charge in [-0.15, -0.1) is 0 Å². The molecule has 2 N–H and O–H groups in total. The van der Waals surface area contributed by atoms with E-state index >= 15 is 0 Å². The number of anilines is 2. The van der Waals surface area contributed by atoms with Crippen molar-refractivity contribution >= 4 is 35.0 Å². The number of benzene rings is 1. The number of hydrogen-bond acceptors (Lipinski definition) is 6. The fourth-order valence-electron chi connectivity index (χ4n) is 2.66. The second kappa shape index (κ2) is 5.92. The minimum absolute atomic E-state index is 0.0159. The number of nitrogens with one attached hydrogen (secondary N) is 2. The molecule has 2 amide bonds. The Bertz CT molecular complexity index is 956. The third kappa shape index (κ3) is 2.76. The first-order valence-corrected chi connectivity index (χ1v) is 8.67. The van der Waals surface area contributed by atoms with Gasteiger partial charge < -0.3 is 15.4 Å². The third-order valence-corrected chi connectivity index (χ3v) is 4.94. The summed E-state index contributed by atoms with van der Waals surface area (Å²) in [5.41, 5.74) is 0.552. The Morgan fingerprint density at radius 2 is 2.28 bits per heavy atom. The van der Waals surface area contributed by atoms with Crippen LogP contribution in [-0.2, 0) is 11.3 Å². The van der Waals surface area contributed by atoms with Crippen molar-refractivity contribution in [1.82, 2.24) is 9.55 Å². The van der Waals surface area contributed by atoms with E-state index in [2.05, 4.69) is 15.6 Å². The van der Waals surface area contributed by atoms with Crippen molar-refractivity contribution < 1.29 is 14.3 Å². The maximum absolute atomic E-state index is 12.4. The van der Waals surface area contributed by atoms with Crippen LogP contribution in [0.5, 0.6) is 5.75 Å². The van der Waals surface area contributed by atoms with Gasteiger partial charge in [0.1, 0.15) is 11.3 Å². The maximum Gasteiger partial charge on any atom is 0.267 e. The van der Waals surface area contributed by atoms with Crippen molar-refractivity contribution in [3.63, 3.8) is 0 Å². The lowest BCUT2D eigenvalue weighted by atomic mass is 10.2. The van der Waals surface area contributed by atoms with Crippen LogP contribution in [-0.4, -0.2) is 33.2 Å². The molecule has 2 aliphatic heterocycles. The molecule has 0 fully saturated rings. The number of amides is 2. The number of aromatic nitrogens is 2. The summed E-state index contributed by atoms with van der Waals surface area (Å²) in [6.07, 6.45) is 0.732. The molecule has 1 atom stereocenters. The molecule has 1 aromatic carbocycles. The third-order valence-electron chi connectivity index (χ3n) is 3.97. The van der Waals surface area contributed by atoms with Crippen molar-refractivity contribution in [2.24, 2.45) is 0 Å². The highest BCUT2D eigenvalue weighted by Crippen LogP contribution is 2.32. The number of thioether (sulfide) groups is 1. The van der Waals surface area contributed by atoms with E-state index in [1.807, 2.05) is 0 Å². The molecule has 0 saturated heterocycles. The van der Waals surface area contributed by atoms with Gasteiger partial charge in [-0.25, -0.2) is 4.98 Å². The van der Waals surface area contributed by atoms with Crippen molar-refractivity contribution in [2.45, 2.75) is 24.7 Å². The highest BCUT2D eigenvalue weighted by Gasteiger charge is 2.24. The molecule has 128 valence electrons. The van der Waals surface area contributed by atoms with Gasteiger partial charge in [-0.1, -0.05) is 11.8 Å². The van der Waals surface area contributed by atoms with E-state index < -0.39 is 12.0 Å². The zero-order valence-electron chi connectivity index (χ0n) is 13.2. The molecule has 4 rings (SSSR count). The number of fused-ring (bicyclic) bond motifs is 2. The average molecular weight is 358 g/mol. The number of rotatable bonds is 2. The fourth-order valence-corrected chi connectivity index (χ4v) is 3.57. The second-order valence-corrected chi connectivity index (χ2v) is 6.74. The number of nitrogens with zero attached hydrogens (tertiary/aromatic N) is 2. The van der Waals surface area contributed by atoms with Crippen LogP contribution in [0.25, 0.3) is 0 Å². The summed E-state index contributed by atoms with van der Waals surface area (Å²) in [4.78, 5) is 40.7. The highest BCUT2D eigenvalue weighted by molar-refractivity contribution is 7.99. The summed E-state index contributed by atoms with van der Waals surface area (Å²) in [7, 11) is 0. The first-order valence-electron chi connectivity index (χ1n) is 7.68. The molecule has 0 aliphatic carbocycles. The van der Waals surface area contributed by atoms with Gasteiger partial charge in [0, 0.05) is 24.2 Å². The first kappa shape index (κ1) is 15.7. The van der Waals surface area contributed by atoms with Crippen molar-refractivity contribution in [3.05, 3.63) is 40.3 Å². The van der Waals surface area contributed by atoms with E-state index in [4.69, 9.17) is 4.74 Å². The molecule has 2 aliphatic rings. The lowest BCUT2D eigenvalue weighted by Crippen LogP contribution is -2.34. The van der Waals surface area contributed by atoms with Crippen LogP contribution >= 0.6 is 11.8 Å². The standard InChI is InChI=1S/C16H14N4O4S/c1-8-13(21)19-11-6-9(2-3-12(11)24-8)18-14(22)10-7-17-16-20(15(10)23)4-5-25-16/h2-3,6-8H,4-5H2,1H3,(H,18,22)(H,19,21)/t8-/m1/s1. The van der Waals surface area contributed by atoms with Crippen molar-refractivity contribution in [3.8, 4) is 5.75 Å². The molecule has 0 spiro atoms. The molecule has 9 heteroatoms. The quantitative estimate of drug-likeness (QED) is 0.785. The maximum atomic E-state index is 12.4. The van der Waals surface area contributed by atoms with Gasteiger partial charge >= 0.3 is 0 Å². The molecule has 0 bridgehead atoms. The van der Waals surface area contributed by atoms with Crippen LogP contribution in [0.1, 0.15) is 17.3 Å². The predicted octanol–water partition coefficient (Wildman–Crippen LogP) is 1.32. The predicted molar refractivity (Wildman–Crippen MR) is 92.3 cm³/mol. The topological polar surface area (TPSA) is 102 Å². The van der Waals surface area contributed by atoms with Gasteiger partial charge in [-0.3, -0.25) is 19.0 Å². The van der Waals surface area contributed by atoms with Crippen molar-refractivity contribution in [1.29, 1.82) is 0 Å². The Balaban J connectivity index is 1.59. The van der Waals surface area contributed by atoms with E-state index in [1.165, 1.54) is 22.5 Å². The van der Waals surface area contributed by atoms with Gasteiger partial charge in [-0.2, -0.15) is 0 Å². The first-order chi connectivity index (χ1) is 12.0. The monoisotopic (exact) mass is 358 g/mol. The zero-order chi connectivity index (χ0) is 17.6. The van der Waals surface area contributed by atoms with Crippen LogP contribution in [0.2, 0.25) is 0 Å². The Kier molecular flexibility index (Phi) is 3.72. The van der Waals surface area contributed by atoms with Gasteiger partial charge in [0.2, 0.25) is 0 Å². The van der Waals surface area contributed by atoms with Crippen LogP contribution in [0.4, 0.5) is 11.4 Å². The molecule has 0 unspecified atom stereocenters. The van der Waals surface area contributed by atoms with E-state index in [1.54, 1.807) is 25.1 Å². The molecule has 1 aromatic heterocycles. The lowest BCUT2D eigenvalue weighted by Gasteiger charge is -2.23. The number of carbonyl (C=O) groups excluding carboxylic acids is 2. The summed E-state index contributed by atoms with van der Waals surface area (Å²) >= 11 is 1.49. The lowest BCUT2D eigenvalue weighted by molar-refractivity contribution is -0.122. The molecule has 25 heavy (non-hydrogen) atoms. The Labute approximate surface area is 146 Å². The molecule has 3 heterocycles. The summed E-state index contributed by atoms with van der Waals surface area (Å²) in [5, 5.41) is 6.00. The smallest absolute Gasteiger partial charge is 0.267 e. The summed E-state index contributed by atoms with van der Waals surface area (Å²) in [6, 6.07) is 4.89. The summed E-state index contributed by atoms with van der Waals surface area (Å²) < 4.78 is 6.97. The van der Waals surface area contributed by atoms with E-state index in [0.29, 0.717) is 28.8 Å². The van der Waals surface area contributed by atoms with Gasteiger partial charge in [0.15, 0.2) is 11.3 Å². The van der Waals surface area contributed by atoms with Gasteiger partial charge in [-0.05, 0) is 25.1 Å². The van der Waals surface area contributed by atoms with Gasteiger partial charge in [0.25, 0.3) is 17.4 Å². The van der Waals surface area contributed by atoms with Crippen LogP contribution in [0.3, 0.4) is 0 Å². The SMILES string of the molecule is C[C@H]1Oc2ccc(NC(=O)c3cnc4n(c3=O)CCS4)cc2NC1=O. The zero-order valence-corrected chi connectivity index (χ0v) is 14.1. The number of ether oxygens (including phenoxy) is 1. The molecule has 8 nitrogen and oxygen atoms in total. The number of hydrogen-bond donors (Lipinski definition) is 2. The van der Waals surface area contributed by atoms with Crippen molar-refractivity contribution in [2.75, 3.05) is 16.4 Å². The molecule has 2 aromatic rings. The Hall–Kier alpha value is -2.81. The summed E-state index contributed by atoms with van der Waals surface area (Å²) in [6.45, 7) is 2.20. The Morgan fingerprint density at radius 1 is 1.44 bits per heavy atom. The normalized spacial score (nSPS) is 18.0. The molecular weight excluding hydrogens is 344 g/mol. The van der Waals surface area contributed by atoms with Gasteiger partial charge in [0.05, 0.1) is 5.69 Å². The minimum atomic E-state index is -0.566. The largest absolute Gasteiger partial charge is 0.479 e. The van der Waals surface area contributed by atoms with E-state index in [9.17, 15) is 14.4 Å². The Morgan fingerprint density at radius 3 is 3.12 bits per heavy atom. The van der Waals surface area contributed by atoms with E-state index in [0.717, 1.165) is 5.75 Å². The molecular formula is C16H14N4O4S. The van der Waals surface area contributed by atoms with Crippen LogP contribution < -0.4 is 20.9 Å². The van der Waals surface area contributed by atoms with E-state index in [-0.39, 0.29) is 17.0 Å². The van der Waals surface area contributed by atoms with Crippen LogP contribution in [0, 0.1) is 0 Å². The second-order valence-electron chi connectivity index (χ2n) is 5.67. The average Bonchev–Trinajstić information content (AvgIpc) is 3.06. The summed E-state index contributed by atoms with van der Waals surface area (Å²) in [5.74, 6) is 0.507. The van der Waals surface area contributed by atoms with Crippen LogP contribution in [0.15, 0.2) is 34.3 Å². The fraction of sp³-hybridized carbons (Fsp3) is 0.250. The molecule has 0 radical (unpaired) electrons. The highest BCUT2D eigenvalue weighted by atomic mass is 32.2. The number of carbonyl (C=O) groups is 2. The molecule has 0 saturated carbocycles.